The van der Waals surface area contributed by atoms with Crippen LogP contribution in [0.2, 0.25) is 5.02 Å². The van der Waals surface area contributed by atoms with Gasteiger partial charge in [-0.1, -0.05) is 0 Å². The third kappa shape index (κ3) is 5.09. The maximum absolute atomic E-state index is 14.9. The molecule has 6 heterocycles. The van der Waals surface area contributed by atoms with E-state index in [1.807, 2.05) is 4.68 Å². The van der Waals surface area contributed by atoms with E-state index in [-0.39, 0.29) is 26.5 Å². The number of fused-ring (bicyclic) bond motifs is 5. The Balaban J connectivity index is 1.20. The summed E-state index contributed by atoms with van der Waals surface area (Å²) in [5, 5.41) is 4.93. The van der Waals surface area contributed by atoms with Gasteiger partial charge >= 0.3 is 290 Å². The van der Waals surface area contributed by atoms with Crippen LogP contribution in [-0.4, -0.2) is 95.1 Å². The van der Waals surface area contributed by atoms with Gasteiger partial charge in [0.1, 0.15) is 0 Å². The van der Waals surface area contributed by atoms with E-state index in [0.29, 0.717) is 62.9 Å². The zero-order valence-electron chi connectivity index (χ0n) is 26.8. The molecule has 0 unspecified atom stereocenters. The number of benzene rings is 1. The van der Waals surface area contributed by atoms with Gasteiger partial charge in [0.2, 0.25) is 0 Å². The number of amides is 1. The SMILES string of the molecule is CN(C)C(=O)c1nn2c(c1Cl)C[N+](c1nc(O[I-][C@@]34CCCN3C[C@H](F)C4)nc3c1CN(C)[C@@]1(CCc4c(F)cccc41)C3)=CCC2. The number of nitrogens with zero attached hydrogens (tertiary/aromatic N) is 8. The van der Waals surface area contributed by atoms with E-state index in [2.05, 4.69) is 38.8 Å². The summed E-state index contributed by atoms with van der Waals surface area (Å²) in [5.74, 6) is 0.335. The molecule has 3 aromatic rings. The van der Waals surface area contributed by atoms with Gasteiger partial charge in [-0.2, -0.15) is 0 Å². The molecule has 47 heavy (non-hydrogen) atoms. The Hall–Kier alpha value is -2.75. The van der Waals surface area contributed by atoms with Crippen molar-refractivity contribution >= 4 is 29.5 Å². The van der Waals surface area contributed by atoms with Crippen LogP contribution in [0.3, 0.4) is 0 Å². The number of aromatic nitrogens is 4. The number of likely N-dealkylation sites (N-methyl/N-ethyl adjacent to an activating group) is 1. The van der Waals surface area contributed by atoms with Gasteiger partial charge in [0.15, 0.2) is 0 Å². The van der Waals surface area contributed by atoms with Crippen LogP contribution in [0.15, 0.2) is 18.2 Å². The number of carbonyl (C=O) groups excluding carboxylic acids is 1. The number of hydrogen-bond donors (Lipinski definition) is 0. The molecule has 0 saturated carbocycles. The number of halogens is 4. The monoisotopic (exact) mass is 778 g/mol. The van der Waals surface area contributed by atoms with Crippen molar-refractivity contribution in [3.8, 4) is 6.01 Å². The minimum atomic E-state index is -0.940. The topological polar surface area (TPSA) is 82.6 Å². The van der Waals surface area contributed by atoms with E-state index in [9.17, 15) is 13.6 Å². The minimum absolute atomic E-state index is 0.154. The molecule has 2 aromatic heterocycles. The van der Waals surface area contributed by atoms with Crippen molar-refractivity contribution in [3.63, 3.8) is 0 Å². The van der Waals surface area contributed by atoms with Gasteiger partial charge in [-0.05, 0) is 0 Å². The van der Waals surface area contributed by atoms with Crippen LogP contribution < -0.4 is 24.7 Å². The number of alkyl halides is 2. The predicted molar refractivity (Wildman–Crippen MR) is 167 cm³/mol. The van der Waals surface area contributed by atoms with Gasteiger partial charge < -0.3 is 0 Å². The number of carbonyl (C=O) groups is 1. The third-order valence-corrected chi connectivity index (χ3v) is 14.2. The molecular weight excluding hydrogens is 741 g/mol. The Bertz CT molecular complexity index is 1820. The molecule has 0 radical (unpaired) electrons. The summed E-state index contributed by atoms with van der Waals surface area (Å²) >= 11 is 5.89. The second-order valence-corrected chi connectivity index (χ2v) is 16.9. The molecule has 4 aliphatic heterocycles. The molecular formula is C33H38ClF2IN8O2. The first kappa shape index (κ1) is 31.5. The van der Waals surface area contributed by atoms with Crippen LogP contribution >= 0.6 is 11.6 Å². The second kappa shape index (κ2) is 11.7. The Labute approximate surface area is 288 Å². The number of rotatable bonds is 5. The Kier molecular flexibility index (Phi) is 7.84. The number of aryl methyl sites for hydroxylation is 1. The average Bonchev–Trinajstić information content (AvgIpc) is 3.73. The summed E-state index contributed by atoms with van der Waals surface area (Å²) in [5.41, 5.74) is 4.29. The summed E-state index contributed by atoms with van der Waals surface area (Å²) in [6.45, 7) is 2.88. The van der Waals surface area contributed by atoms with Crippen molar-refractivity contribution in [2.24, 2.45) is 0 Å². The van der Waals surface area contributed by atoms with Crippen LogP contribution in [0.5, 0.6) is 6.01 Å². The Morgan fingerprint density at radius 2 is 2.06 bits per heavy atom. The van der Waals surface area contributed by atoms with Crippen LogP contribution in [0, 0.1) is 5.82 Å². The van der Waals surface area contributed by atoms with E-state index >= 15 is 0 Å². The van der Waals surface area contributed by atoms with Crippen molar-refractivity contribution in [3.05, 3.63) is 62.8 Å². The molecule has 2 saturated heterocycles. The van der Waals surface area contributed by atoms with Gasteiger partial charge in [0, 0.05) is 0 Å². The molecule has 1 aromatic carbocycles. The summed E-state index contributed by atoms with van der Waals surface area (Å²) in [6.07, 6.45) is 6.48. The molecule has 0 N–H and O–H groups in total. The molecule has 2 fully saturated rings. The summed E-state index contributed by atoms with van der Waals surface area (Å²) in [7, 11) is 5.47. The molecule has 10 nitrogen and oxygen atoms in total. The van der Waals surface area contributed by atoms with E-state index < -0.39 is 27.8 Å². The van der Waals surface area contributed by atoms with Gasteiger partial charge in [0.25, 0.3) is 0 Å². The predicted octanol–water partition coefficient (Wildman–Crippen LogP) is 1.23. The maximum atomic E-state index is 14.9. The van der Waals surface area contributed by atoms with Gasteiger partial charge in [-0.15, -0.1) is 0 Å². The molecule has 1 aliphatic carbocycles. The Morgan fingerprint density at radius 3 is 2.89 bits per heavy atom. The zero-order chi connectivity index (χ0) is 32.7. The molecule has 1 spiro atoms. The van der Waals surface area contributed by atoms with Crippen molar-refractivity contribution < 1.29 is 42.8 Å². The average molecular weight is 779 g/mol. The summed E-state index contributed by atoms with van der Waals surface area (Å²) < 4.78 is 39.8. The van der Waals surface area contributed by atoms with Crippen LogP contribution in [0.4, 0.5) is 14.6 Å². The molecule has 3 atom stereocenters. The first-order chi connectivity index (χ1) is 22.6. The van der Waals surface area contributed by atoms with E-state index in [1.54, 1.807) is 26.2 Å². The second-order valence-electron chi connectivity index (χ2n) is 13.6. The summed E-state index contributed by atoms with van der Waals surface area (Å²) in [6, 6.07) is 5.71. The molecule has 1 amide bonds. The van der Waals surface area contributed by atoms with Crippen molar-refractivity contribution in [2.45, 2.75) is 79.8 Å². The van der Waals surface area contributed by atoms with E-state index in [0.717, 1.165) is 59.7 Å². The third-order valence-electron chi connectivity index (χ3n) is 10.7. The van der Waals surface area contributed by atoms with E-state index in [4.69, 9.17) is 24.6 Å². The standard InChI is InChI=1S/C33H38ClF2IN8O2/c1-41(2)30(46)28-27(34)26-19-43(12-6-14-45(26)40-28)29-22-18-42(3)32(11-9-21-23(32)7-4-8-24(21)36)16-25(22)38-31(39-29)47-37-33-10-5-13-44(33)17-20(35)15-33/h4,7-8,12,20H,5-6,9-11,13-19H2,1-3H3/t20-,32+,33+/m1/s1. The first-order valence-electron chi connectivity index (χ1n) is 16.3. The van der Waals surface area contributed by atoms with Crippen LogP contribution in [0.25, 0.3) is 0 Å². The van der Waals surface area contributed by atoms with Crippen molar-refractivity contribution in [1.82, 2.24) is 34.4 Å². The Morgan fingerprint density at radius 1 is 1.21 bits per heavy atom. The molecule has 8 rings (SSSR count). The fourth-order valence-electron chi connectivity index (χ4n) is 8.31. The quantitative estimate of drug-likeness (QED) is 0.167. The first-order valence-corrected chi connectivity index (χ1v) is 18.6. The normalized spacial score (nSPS) is 26.9. The van der Waals surface area contributed by atoms with Crippen LogP contribution in [-0.2, 0) is 38.0 Å². The molecule has 250 valence electrons. The van der Waals surface area contributed by atoms with E-state index in [1.165, 1.54) is 4.90 Å². The molecule has 14 heteroatoms. The van der Waals surface area contributed by atoms with Gasteiger partial charge in [0.05, 0.1) is 0 Å². The fourth-order valence-corrected chi connectivity index (χ4v) is 11.4. The van der Waals surface area contributed by atoms with Gasteiger partial charge in [-0.3, -0.25) is 0 Å². The fraction of sp³-hybridized carbons (Fsp3) is 0.545. The van der Waals surface area contributed by atoms with Crippen molar-refractivity contribution in [1.29, 1.82) is 0 Å². The molecule has 0 bridgehead atoms. The summed E-state index contributed by atoms with van der Waals surface area (Å²) in [4.78, 5) is 29.1. The van der Waals surface area contributed by atoms with Crippen molar-refractivity contribution in [2.75, 3.05) is 34.2 Å². The van der Waals surface area contributed by atoms with Gasteiger partial charge in [-0.25, -0.2) is 0 Å². The van der Waals surface area contributed by atoms with Crippen LogP contribution in [0.1, 0.15) is 70.7 Å². The zero-order valence-corrected chi connectivity index (χ0v) is 29.7. The molecule has 5 aliphatic rings. The number of hydrogen-bond acceptors (Lipinski definition) is 7.